The fourth-order valence-corrected chi connectivity index (χ4v) is 12.1. The Morgan fingerprint density at radius 1 is 1.03 bits per heavy atom. The van der Waals surface area contributed by atoms with Gasteiger partial charge < -0.3 is 63.8 Å². The van der Waals surface area contributed by atoms with Gasteiger partial charge in [-0.2, -0.15) is 0 Å². The molecule has 5 rings (SSSR count). The number of esters is 1. The minimum atomic E-state index is -4.15. The molecule has 1 aromatic heterocycles. The Labute approximate surface area is 440 Å². The number of ether oxygens (including phenoxy) is 6. The number of alkyl halides is 1. The number of aliphatic hydroxyl groups is 5. The van der Waals surface area contributed by atoms with Gasteiger partial charge in [0.2, 0.25) is 10.0 Å². The number of aliphatic hydroxyl groups excluding tert-OH is 3. The Morgan fingerprint density at radius 2 is 1.68 bits per heavy atom. The smallest absolute Gasteiger partial charge is 0.311 e. The molecule has 1 aromatic carbocycles. The highest BCUT2D eigenvalue weighted by Gasteiger charge is 2.53. The van der Waals surface area contributed by atoms with Crippen molar-refractivity contribution in [1.82, 2.24) is 29.5 Å². The molecule has 19 atom stereocenters. The number of non-ortho nitro benzene ring substituents is 1. The Kier molecular flexibility index (Phi) is 21.3. The van der Waals surface area contributed by atoms with Crippen LogP contribution in [0.5, 0.6) is 0 Å². The van der Waals surface area contributed by atoms with Crippen LogP contribution < -0.4 is 4.72 Å². The van der Waals surface area contributed by atoms with E-state index in [4.69, 9.17) is 28.4 Å². The fraction of sp³-hybridized carbons (Fsp3) is 0.820. The van der Waals surface area contributed by atoms with Crippen molar-refractivity contribution < 1.29 is 76.5 Å². The molecular weight excluding hydrogens is 1010 g/mol. The number of nitrogens with zero attached hydrogens (tertiary/aromatic N) is 6. The summed E-state index contributed by atoms with van der Waals surface area (Å²) >= 11 is 0. The molecule has 6 N–H and O–H groups in total. The lowest BCUT2D eigenvalue weighted by molar-refractivity contribution is -0.384. The van der Waals surface area contributed by atoms with E-state index in [-0.39, 0.29) is 48.7 Å². The van der Waals surface area contributed by atoms with Crippen molar-refractivity contribution in [2.24, 2.45) is 17.8 Å². The maximum atomic E-state index is 14.5. The zero-order chi connectivity index (χ0) is 56.1. The zero-order valence-electron chi connectivity index (χ0n) is 45.7. The second-order valence-corrected chi connectivity index (χ2v) is 23.8. The van der Waals surface area contributed by atoms with Gasteiger partial charge in [-0.05, 0) is 99.9 Å². The van der Waals surface area contributed by atoms with E-state index in [2.05, 4.69) is 15.0 Å². The molecule has 3 saturated heterocycles. The molecule has 0 saturated carbocycles. The van der Waals surface area contributed by atoms with Gasteiger partial charge in [-0.3, -0.25) is 14.9 Å². The van der Waals surface area contributed by atoms with Crippen LogP contribution in [0.3, 0.4) is 0 Å². The third-order valence-corrected chi connectivity index (χ3v) is 17.2. The van der Waals surface area contributed by atoms with Gasteiger partial charge in [-0.1, -0.05) is 26.0 Å². The summed E-state index contributed by atoms with van der Waals surface area (Å²) < 4.78 is 81.8. The first-order valence-electron chi connectivity index (χ1n) is 25.9. The number of sulfonamides is 1. The highest BCUT2D eigenvalue weighted by Crippen LogP contribution is 2.40. The summed E-state index contributed by atoms with van der Waals surface area (Å²) in [4.78, 5) is 28.4. The van der Waals surface area contributed by atoms with Crippen LogP contribution in [0.1, 0.15) is 107 Å². The van der Waals surface area contributed by atoms with Gasteiger partial charge in [-0.25, -0.2) is 22.2 Å². The van der Waals surface area contributed by atoms with Crippen molar-refractivity contribution in [3.05, 3.63) is 46.3 Å². The topological polar surface area (TPSA) is 300 Å². The molecule has 0 aliphatic carbocycles. The van der Waals surface area contributed by atoms with Gasteiger partial charge in [0.15, 0.2) is 12.6 Å². The molecule has 428 valence electrons. The molecule has 3 aliphatic heterocycles. The van der Waals surface area contributed by atoms with E-state index in [9.17, 15) is 53.2 Å². The SMILES string of the molecule is CC[C@H]1OC(=O)[C@H](C)[C@@H](O[C@H]2C[C@@](C)(OC)[C@@H](O)[C@H](C)O2)[C@H](C)[C@@H](O[C@@H]2O[C@H](C)C[C@H](N(C)CCc3cn(C(CF)CNS(=O)(=O)c4ccc([N+](=O)[O-])cc4)nn3)[C@H]2O)[C@](C)(O)C[C@@H](C)CN(C)[C@H](C)[C@@H](O)[C@]1(C)O. The molecule has 2 aromatic rings. The maximum absolute atomic E-state index is 14.5. The predicted octanol–water partition coefficient (Wildman–Crippen LogP) is 2.50. The minimum Gasteiger partial charge on any atom is -0.459 e. The molecule has 4 heterocycles. The lowest BCUT2D eigenvalue weighted by Crippen LogP contribution is -2.61. The molecule has 25 heteroatoms. The zero-order valence-corrected chi connectivity index (χ0v) is 46.5. The van der Waals surface area contributed by atoms with Crippen LogP contribution in [0.15, 0.2) is 35.4 Å². The standard InChI is InChI=1S/C50H84FN7O16S/c1-14-39-50(10,64)43(60)32(6)56(12)26-28(2)22-48(8,63)45(30(4)42(31(5)46(62)72-39)73-40-23-49(9,69-13)44(61)33(7)71-40)74-47-41(59)38(21-29(3)70-47)55(11)20-19-34-27-57(54-53-34)36(24-51)25-52-75(67,68)37-17-15-35(16-18-37)58(65)66/h15-18,27-33,36,38-45,47,52,59-61,63-64H,14,19-26H2,1-13H3/t28-,29-,30+,31-,32-,33+,36?,38+,39-,40+,41-,42+,43-,44+,45-,47+,48-,49-,50-/m1/s1. The van der Waals surface area contributed by atoms with Crippen molar-refractivity contribution in [1.29, 1.82) is 0 Å². The highest BCUT2D eigenvalue weighted by molar-refractivity contribution is 7.89. The Bertz CT molecular complexity index is 2280. The number of aromatic nitrogens is 3. The first kappa shape index (κ1) is 62.4. The number of nitrogens with one attached hydrogen (secondary N) is 1. The number of carbonyl (C=O) groups is 1. The molecule has 1 unspecified atom stereocenters. The van der Waals surface area contributed by atoms with Crippen molar-refractivity contribution in [2.75, 3.05) is 47.5 Å². The highest BCUT2D eigenvalue weighted by atomic mass is 32.2. The monoisotopic (exact) mass is 1090 g/mol. The van der Waals surface area contributed by atoms with Crippen LogP contribution in [0.25, 0.3) is 0 Å². The average molecular weight is 1090 g/mol. The normalized spacial score (nSPS) is 38.6. The van der Waals surface area contributed by atoms with E-state index in [0.717, 1.165) is 24.3 Å². The number of likely N-dealkylation sites (N-methyl/N-ethyl adjacent to an activating group) is 2. The third kappa shape index (κ3) is 14.8. The van der Waals surface area contributed by atoms with Crippen LogP contribution in [0, 0.1) is 27.9 Å². The second-order valence-electron chi connectivity index (χ2n) is 22.0. The van der Waals surface area contributed by atoms with E-state index >= 15 is 0 Å². The summed E-state index contributed by atoms with van der Waals surface area (Å²) in [6.45, 7) is 16.4. The van der Waals surface area contributed by atoms with E-state index < -0.39 is 136 Å². The lowest BCUT2D eigenvalue weighted by Gasteiger charge is -2.49. The summed E-state index contributed by atoms with van der Waals surface area (Å²) in [6.07, 6.45) is -8.26. The van der Waals surface area contributed by atoms with Gasteiger partial charge in [-0.15, -0.1) is 5.10 Å². The molecule has 75 heavy (non-hydrogen) atoms. The Balaban J connectivity index is 1.40. The van der Waals surface area contributed by atoms with Crippen LogP contribution >= 0.6 is 0 Å². The van der Waals surface area contributed by atoms with Crippen LogP contribution in [-0.2, 0) is 49.7 Å². The second kappa shape index (κ2) is 25.6. The summed E-state index contributed by atoms with van der Waals surface area (Å²) in [5.74, 6) is -3.03. The average Bonchev–Trinajstić information content (AvgIpc) is 3.83. The van der Waals surface area contributed by atoms with Gasteiger partial charge in [0.05, 0.1) is 63.1 Å². The Hall–Kier alpha value is -3.41. The largest absolute Gasteiger partial charge is 0.459 e. The number of nitro benzene ring substituents is 1. The number of nitro groups is 1. The van der Waals surface area contributed by atoms with Crippen molar-refractivity contribution >= 4 is 21.7 Å². The molecule has 0 spiro atoms. The molecule has 0 amide bonds. The number of carbonyl (C=O) groups excluding carboxylic acids is 1. The van der Waals surface area contributed by atoms with Gasteiger partial charge in [0.1, 0.15) is 36.7 Å². The van der Waals surface area contributed by atoms with Gasteiger partial charge >= 0.3 is 5.97 Å². The van der Waals surface area contributed by atoms with Crippen LogP contribution in [0.4, 0.5) is 10.1 Å². The minimum absolute atomic E-state index is 0.0536. The molecular formula is C50H84FN7O16S. The summed E-state index contributed by atoms with van der Waals surface area (Å²) in [5.41, 5.74) is -4.52. The summed E-state index contributed by atoms with van der Waals surface area (Å²) in [5, 5.41) is 78.9. The van der Waals surface area contributed by atoms with Crippen molar-refractivity contribution in [2.45, 2.75) is 203 Å². The maximum Gasteiger partial charge on any atom is 0.311 e. The molecule has 0 bridgehead atoms. The number of benzene rings is 1. The summed E-state index contributed by atoms with van der Waals surface area (Å²) in [7, 11) is 0.924. The van der Waals surface area contributed by atoms with Gasteiger partial charge in [0, 0.05) is 75.9 Å². The molecule has 23 nitrogen and oxygen atoms in total. The molecule has 3 aliphatic rings. The first-order valence-corrected chi connectivity index (χ1v) is 27.4. The number of hydrogen-bond acceptors (Lipinski definition) is 20. The number of cyclic esters (lactones) is 1. The number of methoxy groups -OCH3 is 1. The number of hydrogen-bond donors (Lipinski definition) is 6. The molecule has 3 fully saturated rings. The van der Waals surface area contributed by atoms with Crippen LogP contribution in [0.2, 0.25) is 0 Å². The fourth-order valence-electron chi connectivity index (χ4n) is 11.0. The third-order valence-electron chi connectivity index (χ3n) is 15.8. The summed E-state index contributed by atoms with van der Waals surface area (Å²) in [6, 6.07) is 2.03. The molecule has 0 radical (unpaired) electrons. The quantitative estimate of drug-likeness (QED) is 0.0753. The van der Waals surface area contributed by atoms with Gasteiger partial charge in [0.25, 0.3) is 5.69 Å². The number of halogens is 1. The van der Waals surface area contributed by atoms with E-state index in [0.29, 0.717) is 25.2 Å². The van der Waals surface area contributed by atoms with Crippen molar-refractivity contribution in [3.63, 3.8) is 0 Å². The van der Waals surface area contributed by atoms with E-state index in [1.807, 2.05) is 23.6 Å². The predicted molar refractivity (Wildman–Crippen MR) is 270 cm³/mol. The Morgan fingerprint density at radius 3 is 2.28 bits per heavy atom. The lowest BCUT2D eigenvalue weighted by atomic mass is 9.77. The van der Waals surface area contributed by atoms with E-state index in [1.165, 1.54) is 24.9 Å². The first-order chi connectivity index (χ1) is 34.9. The van der Waals surface area contributed by atoms with Crippen LogP contribution in [-0.4, -0.2) is 207 Å². The van der Waals surface area contributed by atoms with E-state index in [1.54, 1.807) is 62.6 Å². The van der Waals surface area contributed by atoms with Crippen molar-refractivity contribution in [3.8, 4) is 0 Å². The number of rotatable bonds is 17.